The summed E-state index contributed by atoms with van der Waals surface area (Å²) >= 11 is 0. The second-order valence-corrected chi connectivity index (χ2v) is 9.29. The lowest BCUT2D eigenvalue weighted by Gasteiger charge is -2.44. The minimum absolute atomic E-state index is 0.0117. The van der Waals surface area contributed by atoms with Crippen LogP contribution in [0.15, 0.2) is 23.3 Å². The van der Waals surface area contributed by atoms with E-state index >= 15 is 0 Å². The van der Waals surface area contributed by atoms with E-state index in [2.05, 4.69) is 0 Å². The first-order chi connectivity index (χ1) is 9.60. The predicted molar refractivity (Wildman–Crippen MR) is 90.4 cm³/mol. The summed E-state index contributed by atoms with van der Waals surface area (Å²) in [6.45, 7) is 19.9. The van der Waals surface area contributed by atoms with Gasteiger partial charge in [-0.15, -0.1) is 0 Å². The van der Waals surface area contributed by atoms with E-state index in [4.69, 9.17) is 9.78 Å². The van der Waals surface area contributed by atoms with Crippen molar-refractivity contribution in [1.82, 2.24) is 0 Å². The molecule has 0 heterocycles. The maximum Gasteiger partial charge on any atom is 0.199 e. The molecule has 0 aliphatic heterocycles. The Morgan fingerprint density at radius 3 is 1.82 bits per heavy atom. The van der Waals surface area contributed by atoms with Crippen LogP contribution in [0.5, 0.6) is 0 Å². The number of rotatable bonds is 2. The molecule has 1 aliphatic rings. The summed E-state index contributed by atoms with van der Waals surface area (Å²) in [6, 6.07) is 0. The number of Topliss-reactive ketones (excluding diaryl/α,β-unsaturated/α-hetero) is 1. The van der Waals surface area contributed by atoms with Gasteiger partial charge in [-0.25, -0.2) is 9.78 Å². The lowest BCUT2D eigenvalue weighted by molar-refractivity contribution is -0.397. The fraction of sp³-hybridized carbons (Fsp3) is 0.737. The molecular weight excluding hydrogens is 276 g/mol. The summed E-state index contributed by atoms with van der Waals surface area (Å²) in [5.41, 5.74) is -0.461. The van der Waals surface area contributed by atoms with E-state index in [-0.39, 0.29) is 11.2 Å². The topological polar surface area (TPSA) is 35.5 Å². The monoisotopic (exact) mass is 308 g/mol. The van der Waals surface area contributed by atoms with E-state index in [0.29, 0.717) is 0 Å². The molecule has 0 saturated heterocycles. The molecule has 0 saturated carbocycles. The zero-order valence-corrected chi connectivity index (χ0v) is 15.9. The molecule has 1 atom stereocenters. The van der Waals surface area contributed by atoms with Gasteiger partial charge >= 0.3 is 0 Å². The Balaban J connectivity index is 3.41. The Bertz CT molecular complexity index is 504. The van der Waals surface area contributed by atoms with Gasteiger partial charge in [0.1, 0.15) is 0 Å². The number of hydrogen-bond donors (Lipinski definition) is 0. The van der Waals surface area contributed by atoms with Gasteiger partial charge in [0.2, 0.25) is 0 Å². The molecule has 0 aromatic heterocycles. The first kappa shape index (κ1) is 19.1. The van der Waals surface area contributed by atoms with Crippen LogP contribution in [0.2, 0.25) is 0 Å². The van der Waals surface area contributed by atoms with Crippen molar-refractivity contribution in [3.63, 3.8) is 0 Å². The number of ketones is 1. The van der Waals surface area contributed by atoms with Crippen LogP contribution in [0.4, 0.5) is 0 Å². The molecule has 0 radical (unpaired) electrons. The molecule has 0 aromatic rings. The second-order valence-electron chi connectivity index (χ2n) is 9.29. The number of allylic oxidation sites excluding steroid dienone is 2. The third-order valence-electron chi connectivity index (χ3n) is 3.73. The van der Waals surface area contributed by atoms with Gasteiger partial charge in [0.25, 0.3) is 0 Å². The summed E-state index contributed by atoms with van der Waals surface area (Å²) in [6.07, 6.45) is 3.86. The van der Waals surface area contributed by atoms with Crippen LogP contribution in [-0.4, -0.2) is 17.0 Å². The average molecular weight is 308 g/mol. The lowest BCUT2D eigenvalue weighted by Crippen LogP contribution is -2.54. The highest BCUT2D eigenvalue weighted by Gasteiger charge is 2.53. The zero-order chi connectivity index (χ0) is 17.6. The van der Waals surface area contributed by atoms with E-state index in [1.54, 1.807) is 0 Å². The molecule has 22 heavy (non-hydrogen) atoms. The molecule has 3 heteroatoms. The summed E-state index contributed by atoms with van der Waals surface area (Å²) in [7, 11) is 0. The molecule has 1 aliphatic carbocycles. The molecule has 1 unspecified atom stereocenters. The Morgan fingerprint density at radius 2 is 1.45 bits per heavy atom. The molecule has 0 N–H and O–H groups in total. The maximum atomic E-state index is 13.3. The van der Waals surface area contributed by atoms with Gasteiger partial charge in [0.15, 0.2) is 11.4 Å². The van der Waals surface area contributed by atoms with Crippen molar-refractivity contribution in [3.05, 3.63) is 23.3 Å². The molecule has 0 amide bonds. The highest BCUT2D eigenvalue weighted by molar-refractivity contribution is 6.06. The molecule has 0 spiro atoms. The fourth-order valence-corrected chi connectivity index (χ4v) is 2.41. The van der Waals surface area contributed by atoms with Gasteiger partial charge in [0, 0.05) is 11.0 Å². The summed E-state index contributed by atoms with van der Waals surface area (Å²) in [4.78, 5) is 24.7. The number of carbonyl (C=O) groups is 1. The molecule has 3 nitrogen and oxygen atoms in total. The predicted octanol–water partition coefficient (Wildman–Crippen LogP) is 5.02. The van der Waals surface area contributed by atoms with Crippen molar-refractivity contribution in [2.45, 2.75) is 80.4 Å². The van der Waals surface area contributed by atoms with E-state index in [1.807, 2.05) is 81.4 Å². The summed E-state index contributed by atoms with van der Waals surface area (Å²) in [5, 5.41) is 0. The van der Waals surface area contributed by atoms with E-state index in [1.165, 1.54) is 0 Å². The summed E-state index contributed by atoms with van der Waals surface area (Å²) in [5.74, 6) is -0.0117. The largest absolute Gasteiger partial charge is 0.291 e. The van der Waals surface area contributed by atoms with Crippen molar-refractivity contribution >= 4 is 5.78 Å². The minimum atomic E-state index is -1.11. The van der Waals surface area contributed by atoms with Gasteiger partial charge < -0.3 is 0 Å². The van der Waals surface area contributed by atoms with Crippen molar-refractivity contribution in [2.24, 2.45) is 10.8 Å². The van der Waals surface area contributed by atoms with Crippen molar-refractivity contribution in [2.75, 3.05) is 0 Å². The van der Waals surface area contributed by atoms with Crippen LogP contribution in [-0.2, 0) is 14.6 Å². The number of carbonyl (C=O) groups excluding carboxylic acids is 1. The molecular formula is C19H32O3. The average Bonchev–Trinajstić information content (AvgIpc) is 2.25. The van der Waals surface area contributed by atoms with E-state index in [0.717, 1.165) is 11.1 Å². The normalized spacial score (nSPS) is 24.2. The van der Waals surface area contributed by atoms with Crippen LogP contribution in [0.25, 0.3) is 0 Å². The van der Waals surface area contributed by atoms with E-state index < -0.39 is 16.6 Å². The van der Waals surface area contributed by atoms with Gasteiger partial charge in [-0.2, -0.15) is 0 Å². The first-order valence-electron chi connectivity index (χ1n) is 7.93. The van der Waals surface area contributed by atoms with Crippen LogP contribution < -0.4 is 0 Å². The molecule has 0 fully saturated rings. The quantitative estimate of drug-likeness (QED) is 0.531. The van der Waals surface area contributed by atoms with Gasteiger partial charge in [-0.05, 0) is 39.2 Å². The Labute approximate surface area is 135 Å². The maximum absolute atomic E-state index is 13.3. The van der Waals surface area contributed by atoms with Crippen LogP contribution in [0.1, 0.15) is 69.2 Å². The molecule has 0 aromatic carbocycles. The third kappa shape index (κ3) is 3.88. The van der Waals surface area contributed by atoms with Gasteiger partial charge in [0.05, 0.1) is 5.60 Å². The smallest absolute Gasteiger partial charge is 0.199 e. The first-order valence-corrected chi connectivity index (χ1v) is 7.93. The highest BCUT2D eigenvalue weighted by Crippen LogP contribution is 2.45. The molecule has 126 valence electrons. The van der Waals surface area contributed by atoms with Crippen molar-refractivity contribution in [3.8, 4) is 0 Å². The van der Waals surface area contributed by atoms with Crippen LogP contribution in [0, 0.1) is 10.8 Å². The Hall–Kier alpha value is -0.930. The lowest BCUT2D eigenvalue weighted by atomic mass is 9.65. The summed E-state index contributed by atoms with van der Waals surface area (Å²) < 4.78 is 0. The Kier molecular flexibility index (Phi) is 4.87. The third-order valence-corrected chi connectivity index (χ3v) is 3.73. The van der Waals surface area contributed by atoms with Crippen LogP contribution in [0.3, 0.4) is 0 Å². The SMILES string of the molecule is CC1=CC(OOC(C)(C)C)(C(C)(C)C)C(=O)C(C(C)(C)C)=C1. The second kappa shape index (κ2) is 5.61. The fourth-order valence-electron chi connectivity index (χ4n) is 2.41. The van der Waals surface area contributed by atoms with Crippen molar-refractivity contribution in [1.29, 1.82) is 0 Å². The van der Waals surface area contributed by atoms with Crippen molar-refractivity contribution < 1.29 is 14.6 Å². The standard InChI is InChI=1S/C19H32O3/c1-13-11-14(16(2,3)4)15(20)19(12-13,17(5,6)7)22-21-18(8,9)10/h11-12H,1-10H3. The van der Waals surface area contributed by atoms with E-state index in [9.17, 15) is 4.79 Å². The molecule has 1 rings (SSSR count). The van der Waals surface area contributed by atoms with Crippen LogP contribution >= 0.6 is 0 Å². The van der Waals surface area contributed by atoms with Gasteiger partial charge in [-0.3, -0.25) is 4.79 Å². The van der Waals surface area contributed by atoms with Gasteiger partial charge in [-0.1, -0.05) is 53.2 Å². The molecule has 0 bridgehead atoms. The number of hydrogen-bond acceptors (Lipinski definition) is 3. The zero-order valence-electron chi connectivity index (χ0n) is 15.9. The highest BCUT2D eigenvalue weighted by atomic mass is 17.2. The Morgan fingerprint density at radius 1 is 0.955 bits per heavy atom. The minimum Gasteiger partial charge on any atom is -0.291 e.